The molecule has 25 heavy (non-hydrogen) atoms. The second kappa shape index (κ2) is 6.81. The Bertz CT molecular complexity index is 881. The standard InChI is InChI=1S/C21H21N3S/c1-3-16-9-11-18(12-10-16)20-13-19(17-7-5-4-6-8-17)23-24(20)21-22-15(2)14-25-21/h4-12,14,20H,3,13H2,1-2H3/t20-/m0/s1. The largest absolute Gasteiger partial charge is 0.231 e. The first-order chi connectivity index (χ1) is 12.2. The number of aryl methyl sites for hydroxylation is 2. The maximum atomic E-state index is 4.94. The number of hydrogen-bond acceptors (Lipinski definition) is 4. The van der Waals surface area contributed by atoms with Crippen molar-refractivity contribution in [2.24, 2.45) is 5.10 Å². The second-order valence-corrected chi connectivity index (χ2v) is 7.18. The predicted octanol–water partition coefficient (Wildman–Crippen LogP) is 5.37. The van der Waals surface area contributed by atoms with Gasteiger partial charge in [0.2, 0.25) is 5.13 Å². The quantitative estimate of drug-likeness (QED) is 0.635. The Morgan fingerprint density at radius 3 is 2.48 bits per heavy atom. The maximum absolute atomic E-state index is 4.94. The summed E-state index contributed by atoms with van der Waals surface area (Å²) in [6, 6.07) is 19.6. The van der Waals surface area contributed by atoms with Crippen molar-refractivity contribution >= 4 is 22.2 Å². The molecule has 2 aromatic carbocycles. The molecule has 0 bridgehead atoms. The van der Waals surface area contributed by atoms with Crippen LogP contribution in [0.5, 0.6) is 0 Å². The van der Waals surface area contributed by atoms with Crippen molar-refractivity contribution < 1.29 is 0 Å². The Morgan fingerprint density at radius 1 is 1.08 bits per heavy atom. The van der Waals surface area contributed by atoms with Gasteiger partial charge in [-0.3, -0.25) is 0 Å². The van der Waals surface area contributed by atoms with Crippen LogP contribution < -0.4 is 5.01 Å². The van der Waals surface area contributed by atoms with Crippen LogP contribution in [0.1, 0.15) is 41.8 Å². The monoisotopic (exact) mass is 347 g/mol. The van der Waals surface area contributed by atoms with Gasteiger partial charge in [-0.05, 0) is 30.0 Å². The lowest BCUT2D eigenvalue weighted by atomic mass is 9.97. The summed E-state index contributed by atoms with van der Waals surface area (Å²) >= 11 is 1.66. The lowest BCUT2D eigenvalue weighted by Crippen LogP contribution is -2.18. The average molecular weight is 347 g/mol. The molecule has 0 saturated carbocycles. The van der Waals surface area contributed by atoms with E-state index in [1.807, 2.05) is 13.0 Å². The zero-order chi connectivity index (χ0) is 17.2. The molecule has 1 aliphatic heterocycles. The molecule has 126 valence electrons. The molecule has 0 saturated heterocycles. The first kappa shape index (κ1) is 16.0. The molecule has 1 atom stereocenters. The van der Waals surface area contributed by atoms with E-state index < -0.39 is 0 Å². The summed E-state index contributed by atoms with van der Waals surface area (Å²) in [6.45, 7) is 4.22. The number of benzene rings is 2. The van der Waals surface area contributed by atoms with Gasteiger partial charge in [0.05, 0.1) is 17.4 Å². The van der Waals surface area contributed by atoms with E-state index in [-0.39, 0.29) is 6.04 Å². The number of thiazole rings is 1. The molecular weight excluding hydrogens is 326 g/mol. The molecule has 0 radical (unpaired) electrons. The van der Waals surface area contributed by atoms with E-state index in [1.54, 1.807) is 11.3 Å². The van der Waals surface area contributed by atoms with Crippen LogP contribution in [0, 0.1) is 6.92 Å². The summed E-state index contributed by atoms with van der Waals surface area (Å²) < 4.78 is 0. The van der Waals surface area contributed by atoms with Crippen LogP contribution in [0.3, 0.4) is 0 Å². The van der Waals surface area contributed by atoms with Crippen molar-refractivity contribution in [1.29, 1.82) is 0 Å². The first-order valence-corrected chi connectivity index (χ1v) is 9.55. The van der Waals surface area contributed by atoms with Gasteiger partial charge in [0, 0.05) is 11.8 Å². The summed E-state index contributed by atoms with van der Waals surface area (Å²) in [6.07, 6.45) is 1.96. The maximum Gasteiger partial charge on any atom is 0.206 e. The lowest BCUT2D eigenvalue weighted by Gasteiger charge is -2.21. The van der Waals surface area contributed by atoms with Crippen molar-refractivity contribution in [3.05, 3.63) is 82.4 Å². The van der Waals surface area contributed by atoms with Gasteiger partial charge in [0.25, 0.3) is 0 Å². The number of hydrazone groups is 1. The Hall–Kier alpha value is -2.46. The number of anilines is 1. The first-order valence-electron chi connectivity index (χ1n) is 8.67. The van der Waals surface area contributed by atoms with E-state index in [0.29, 0.717) is 0 Å². The van der Waals surface area contributed by atoms with Crippen molar-refractivity contribution in [2.45, 2.75) is 32.7 Å². The summed E-state index contributed by atoms with van der Waals surface area (Å²) in [5.41, 5.74) is 6.01. The topological polar surface area (TPSA) is 28.5 Å². The van der Waals surface area contributed by atoms with Crippen LogP contribution in [-0.4, -0.2) is 10.7 Å². The van der Waals surface area contributed by atoms with Gasteiger partial charge in [-0.15, -0.1) is 11.3 Å². The van der Waals surface area contributed by atoms with Gasteiger partial charge >= 0.3 is 0 Å². The molecule has 4 heteroatoms. The number of aromatic nitrogens is 1. The Morgan fingerprint density at radius 2 is 1.84 bits per heavy atom. The van der Waals surface area contributed by atoms with E-state index in [0.717, 1.165) is 29.4 Å². The molecule has 4 rings (SSSR count). The number of nitrogens with zero attached hydrogens (tertiary/aromatic N) is 3. The molecule has 0 amide bonds. The minimum Gasteiger partial charge on any atom is -0.231 e. The zero-order valence-corrected chi connectivity index (χ0v) is 15.3. The molecule has 0 N–H and O–H groups in total. The third-order valence-corrected chi connectivity index (χ3v) is 5.54. The minimum absolute atomic E-state index is 0.201. The molecule has 1 aromatic heterocycles. The van der Waals surface area contributed by atoms with Crippen LogP contribution in [0.4, 0.5) is 5.13 Å². The molecule has 0 unspecified atom stereocenters. The van der Waals surface area contributed by atoms with E-state index >= 15 is 0 Å². The lowest BCUT2D eigenvalue weighted by molar-refractivity contribution is 0.705. The third-order valence-electron chi connectivity index (χ3n) is 4.59. The van der Waals surface area contributed by atoms with Crippen molar-refractivity contribution in [3.8, 4) is 0 Å². The molecule has 0 aliphatic carbocycles. The summed E-state index contributed by atoms with van der Waals surface area (Å²) in [5.74, 6) is 0. The highest BCUT2D eigenvalue weighted by Gasteiger charge is 2.31. The second-order valence-electron chi connectivity index (χ2n) is 6.34. The van der Waals surface area contributed by atoms with Gasteiger partial charge in [-0.1, -0.05) is 61.5 Å². The fourth-order valence-electron chi connectivity index (χ4n) is 3.17. The Balaban J connectivity index is 1.72. The van der Waals surface area contributed by atoms with Crippen LogP contribution in [0.2, 0.25) is 0 Å². The van der Waals surface area contributed by atoms with E-state index in [9.17, 15) is 0 Å². The smallest absolute Gasteiger partial charge is 0.206 e. The van der Waals surface area contributed by atoms with Crippen molar-refractivity contribution in [2.75, 3.05) is 5.01 Å². The highest BCUT2D eigenvalue weighted by molar-refractivity contribution is 7.13. The highest BCUT2D eigenvalue weighted by Crippen LogP contribution is 2.38. The van der Waals surface area contributed by atoms with Gasteiger partial charge in [-0.25, -0.2) is 9.99 Å². The molecule has 2 heterocycles. The van der Waals surface area contributed by atoms with Crippen LogP contribution in [0.25, 0.3) is 0 Å². The average Bonchev–Trinajstić information content (AvgIpc) is 3.29. The summed E-state index contributed by atoms with van der Waals surface area (Å²) in [5, 5.41) is 10.1. The molecule has 3 aromatic rings. The Labute approximate surface area is 152 Å². The minimum atomic E-state index is 0.201. The highest BCUT2D eigenvalue weighted by atomic mass is 32.1. The fourth-order valence-corrected chi connectivity index (χ4v) is 3.98. The SMILES string of the molecule is CCc1ccc([C@@H]2CC(c3ccccc3)=NN2c2nc(C)cs2)cc1. The van der Waals surface area contributed by atoms with Crippen LogP contribution >= 0.6 is 11.3 Å². The zero-order valence-electron chi connectivity index (χ0n) is 14.5. The van der Waals surface area contributed by atoms with Crippen LogP contribution in [-0.2, 0) is 6.42 Å². The number of hydrogen-bond donors (Lipinski definition) is 0. The fraction of sp³-hybridized carbons (Fsp3) is 0.238. The molecule has 0 fully saturated rings. The van der Waals surface area contributed by atoms with Gasteiger partial charge in [0.1, 0.15) is 0 Å². The molecule has 3 nitrogen and oxygen atoms in total. The van der Waals surface area contributed by atoms with Gasteiger partial charge in [0.15, 0.2) is 0 Å². The van der Waals surface area contributed by atoms with E-state index in [4.69, 9.17) is 5.10 Å². The predicted molar refractivity (Wildman–Crippen MR) is 105 cm³/mol. The molecule has 1 aliphatic rings. The van der Waals surface area contributed by atoms with Gasteiger partial charge < -0.3 is 0 Å². The summed E-state index contributed by atoms with van der Waals surface area (Å²) in [4.78, 5) is 4.67. The van der Waals surface area contributed by atoms with Crippen molar-refractivity contribution in [3.63, 3.8) is 0 Å². The Kier molecular flexibility index (Phi) is 4.36. The normalized spacial score (nSPS) is 17.0. The van der Waals surface area contributed by atoms with E-state index in [2.05, 4.69) is 70.8 Å². The molecular formula is C21H21N3S. The summed E-state index contributed by atoms with van der Waals surface area (Å²) in [7, 11) is 0. The molecule has 0 spiro atoms. The number of rotatable bonds is 4. The van der Waals surface area contributed by atoms with Crippen LogP contribution in [0.15, 0.2) is 65.1 Å². The van der Waals surface area contributed by atoms with Gasteiger partial charge in [-0.2, -0.15) is 5.10 Å². The third kappa shape index (κ3) is 3.22. The van der Waals surface area contributed by atoms with E-state index in [1.165, 1.54) is 16.7 Å². The van der Waals surface area contributed by atoms with Crippen molar-refractivity contribution in [1.82, 2.24) is 4.98 Å².